The number of hydrogen-bond donors (Lipinski definition) is 1. The minimum absolute atomic E-state index is 0.0222. The normalized spacial score (nSPS) is 13.9. The van der Waals surface area contributed by atoms with E-state index in [0.29, 0.717) is 5.56 Å². The van der Waals surface area contributed by atoms with Gasteiger partial charge in [-0.15, -0.1) is 0 Å². The van der Waals surface area contributed by atoms with Crippen LogP contribution in [0.4, 0.5) is 4.79 Å². The summed E-state index contributed by atoms with van der Waals surface area (Å²) in [5.41, 5.74) is 5.41. The Labute approximate surface area is 238 Å². The molecule has 0 aliphatic rings. The van der Waals surface area contributed by atoms with E-state index in [2.05, 4.69) is 0 Å². The van der Waals surface area contributed by atoms with Crippen LogP contribution in [0.1, 0.15) is 91.5 Å². The van der Waals surface area contributed by atoms with Crippen molar-refractivity contribution in [2.45, 2.75) is 97.9 Å². The molecule has 10 heteroatoms. The molecule has 0 amide bonds. The molecule has 2 N–H and O–H groups in total. The third-order valence-electron chi connectivity index (χ3n) is 6.73. The predicted octanol–water partition coefficient (Wildman–Crippen LogP) is 5.52. The largest absolute Gasteiger partial charge is 0.508 e. The van der Waals surface area contributed by atoms with Gasteiger partial charge in [-0.3, -0.25) is 14.4 Å². The van der Waals surface area contributed by atoms with Crippen LogP contribution < -0.4 is 15.2 Å². The van der Waals surface area contributed by atoms with Crippen LogP contribution in [0.3, 0.4) is 0 Å². The number of carbonyl (C=O) groups is 4. The minimum atomic E-state index is -1.55. The number of hydrogen-bond acceptors (Lipinski definition) is 10. The van der Waals surface area contributed by atoms with E-state index in [4.69, 9.17) is 29.4 Å². The number of methoxy groups -OCH3 is 1. The Kier molecular flexibility index (Phi) is 15.9. The van der Waals surface area contributed by atoms with Gasteiger partial charge in [0.15, 0.2) is 11.5 Å². The second-order valence-electron chi connectivity index (χ2n) is 10.4. The smallest absolute Gasteiger partial charge is 0.468 e. The Hall–Kier alpha value is -3.14. The van der Waals surface area contributed by atoms with Crippen LogP contribution in [-0.2, 0) is 35.0 Å². The van der Waals surface area contributed by atoms with E-state index in [-0.39, 0.29) is 62.2 Å². The Morgan fingerprint density at radius 3 is 1.98 bits per heavy atom. The molecule has 0 fully saturated rings. The maximum absolute atomic E-state index is 12.6. The van der Waals surface area contributed by atoms with E-state index in [0.717, 1.165) is 32.1 Å². The average Bonchev–Trinajstić information content (AvgIpc) is 2.91. The van der Waals surface area contributed by atoms with E-state index in [1.807, 2.05) is 34.6 Å². The highest BCUT2D eigenvalue weighted by molar-refractivity contribution is 5.81. The quantitative estimate of drug-likeness (QED) is 0.137. The van der Waals surface area contributed by atoms with Crippen LogP contribution in [0.15, 0.2) is 18.2 Å². The molecular formula is C30H47NO9. The van der Waals surface area contributed by atoms with Crippen LogP contribution in [0.5, 0.6) is 11.5 Å². The first-order chi connectivity index (χ1) is 19.0. The number of rotatable bonds is 18. The monoisotopic (exact) mass is 565 g/mol. The maximum Gasteiger partial charge on any atom is 0.508 e. The molecule has 3 atom stereocenters. The van der Waals surface area contributed by atoms with Gasteiger partial charge < -0.3 is 29.4 Å². The van der Waals surface area contributed by atoms with Gasteiger partial charge >= 0.3 is 24.1 Å². The van der Waals surface area contributed by atoms with Crippen LogP contribution in [-0.4, -0.2) is 49.9 Å². The Morgan fingerprint density at radius 1 is 0.850 bits per heavy atom. The summed E-state index contributed by atoms with van der Waals surface area (Å²) in [7, 11) is 1.22. The number of unbranched alkanes of at least 4 members (excludes halogenated alkanes) is 2. The fourth-order valence-corrected chi connectivity index (χ4v) is 3.71. The molecule has 0 heterocycles. The van der Waals surface area contributed by atoms with E-state index in [1.54, 1.807) is 6.07 Å². The van der Waals surface area contributed by atoms with Gasteiger partial charge in [0.05, 0.1) is 20.3 Å². The molecule has 226 valence electrons. The molecule has 1 aromatic rings. The van der Waals surface area contributed by atoms with Crippen molar-refractivity contribution in [3.63, 3.8) is 0 Å². The Balaban J connectivity index is 3.09. The number of esters is 3. The molecular weight excluding hydrogens is 518 g/mol. The summed E-state index contributed by atoms with van der Waals surface area (Å²) in [5, 5.41) is 0. The zero-order chi connectivity index (χ0) is 30.1. The highest BCUT2D eigenvalue weighted by Crippen LogP contribution is 2.32. The standard InChI is InChI=1S/C30H47NO9/c1-7-10-11-15-37-29(35)38-16-14-30(31,28(34)36-6)20-23-12-13-24(39-26(32)17-21(4)8-2)25(19-23)40-27(33)18-22(5)9-3/h12-13,19,21-22H,7-11,14-18,20,31H2,1-6H3/t21?,22?,30-/m1/s1. The Morgan fingerprint density at radius 2 is 1.43 bits per heavy atom. The van der Waals surface area contributed by atoms with Crippen molar-refractivity contribution in [3.05, 3.63) is 23.8 Å². The summed E-state index contributed by atoms with van der Waals surface area (Å²) >= 11 is 0. The fourth-order valence-electron chi connectivity index (χ4n) is 3.71. The van der Waals surface area contributed by atoms with Gasteiger partial charge in [-0.25, -0.2) is 4.79 Å². The van der Waals surface area contributed by atoms with Crippen LogP contribution >= 0.6 is 0 Å². The van der Waals surface area contributed by atoms with Gasteiger partial charge in [-0.05, 0) is 36.0 Å². The lowest BCUT2D eigenvalue weighted by Crippen LogP contribution is -2.51. The summed E-state index contributed by atoms with van der Waals surface area (Å²) in [6.45, 7) is 9.97. The molecule has 1 aromatic carbocycles. The molecule has 0 saturated heterocycles. The lowest BCUT2D eigenvalue weighted by atomic mass is 9.88. The molecule has 0 saturated carbocycles. The second kappa shape index (κ2) is 18.3. The van der Waals surface area contributed by atoms with Crippen molar-refractivity contribution in [2.24, 2.45) is 17.6 Å². The molecule has 0 aromatic heterocycles. The van der Waals surface area contributed by atoms with Crippen LogP contribution in [0.25, 0.3) is 0 Å². The van der Waals surface area contributed by atoms with Gasteiger partial charge in [-0.1, -0.05) is 66.4 Å². The number of benzene rings is 1. The Bertz CT molecular complexity index is 964. The maximum atomic E-state index is 12.6. The first kappa shape index (κ1) is 34.9. The third-order valence-corrected chi connectivity index (χ3v) is 6.73. The minimum Gasteiger partial charge on any atom is -0.468 e. The number of carbonyl (C=O) groups excluding carboxylic acids is 4. The average molecular weight is 566 g/mol. The first-order valence-corrected chi connectivity index (χ1v) is 14.2. The summed E-state index contributed by atoms with van der Waals surface area (Å²) < 4.78 is 26.2. The van der Waals surface area contributed by atoms with Gasteiger partial charge in [0.25, 0.3) is 0 Å². The molecule has 0 aliphatic heterocycles. The lowest BCUT2D eigenvalue weighted by molar-refractivity contribution is -0.147. The molecule has 2 unspecified atom stereocenters. The van der Waals surface area contributed by atoms with Gasteiger partial charge in [0.1, 0.15) is 5.54 Å². The number of nitrogens with two attached hydrogens (primary N) is 1. The van der Waals surface area contributed by atoms with Crippen LogP contribution in [0, 0.1) is 11.8 Å². The van der Waals surface area contributed by atoms with Crippen molar-refractivity contribution >= 4 is 24.1 Å². The second-order valence-corrected chi connectivity index (χ2v) is 10.4. The molecule has 40 heavy (non-hydrogen) atoms. The highest BCUT2D eigenvalue weighted by atomic mass is 16.7. The van der Waals surface area contributed by atoms with Gasteiger partial charge in [0.2, 0.25) is 0 Å². The number of ether oxygens (including phenoxy) is 5. The molecule has 0 aliphatic carbocycles. The predicted molar refractivity (Wildman–Crippen MR) is 150 cm³/mol. The van der Waals surface area contributed by atoms with E-state index < -0.39 is 29.6 Å². The summed E-state index contributed by atoms with van der Waals surface area (Å²) in [5.74, 6) is -1.21. The third kappa shape index (κ3) is 12.8. The SMILES string of the molecule is CCCCCOC(=O)OCC[C@@](N)(Cc1ccc(OC(=O)CC(C)CC)c(OC(=O)CC(C)CC)c1)C(=O)OC. The lowest BCUT2D eigenvalue weighted by Gasteiger charge is -2.26. The van der Waals surface area contributed by atoms with E-state index in [9.17, 15) is 19.2 Å². The molecule has 0 bridgehead atoms. The molecule has 1 rings (SSSR count). The van der Waals surface area contributed by atoms with Crippen molar-refractivity contribution in [3.8, 4) is 11.5 Å². The summed E-state index contributed by atoms with van der Waals surface area (Å²) in [6.07, 6.45) is 3.80. The van der Waals surface area contributed by atoms with Crippen molar-refractivity contribution < 1.29 is 42.9 Å². The summed E-state index contributed by atoms with van der Waals surface area (Å²) in [4.78, 5) is 49.6. The van der Waals surface area contributed by atoms with Crippen molar-refractivity contribution in [2.75, 3.05) is 20.3 Å². The van der Waals surface area contributed by atoms with Crippen molar-refractivity contribution in [1.82, 2.24) is 0 Å². The highest BCUT2D eigenvalue weighted by Gasteiger charge is 2.36. The zero-order valence-electron chi connectivity index (χ0n) is 24.9. The van der Waals surface area contributed by atoms with E-state index in [1.165, 1.54) is 19.2 Å². The van der Waals surface area contributed by atoms with Crippen LogP contribution in [0.2, 0.25) is 0 Å². The molecule has 0 radical (unpaired) electrons. The summed E-state index contributed by atoms with van der Waals surface area (Å²) in [6, 6.07) is 4.66. The van der Waals surface area contributed by atoms with Gasteiger partial charge in [0, 0.05) is 25.7 Å². The molecule has 10 nitrogen and oxygen atoms in total. The molecule has 0 spiro atoms. The topological polar surface area (TPSA) is 140 Å². The fraction of sp³-hybridized carbons (Fsp3) is 0.667. The first-order valence-electron chi connectivity index (χ1n) is 14.2. The van der Waals surface area contributed by atoms with E-state index >= 15 is 0 Å². The van der Waals surface area contributed by atoms with Crippen molar-refractivity contribution in [1.29, 1.82) is 0 Å². The van der Waals surface area contributed by atoms with Gasteiger partial charge in [-0.2, -0.15) is 0 Å². The zero-order valence-corrected chi connectivity index (χ0v) is 24.9.